The number of amides is 1. The van der Waals surface area contributed by atoms with Gasteiger partial charge in [0.1, 0.15) is 11.3 Å². The van der Waals surface area contributed by atoms with Crippen LogP contribution in [-0.4, -0.2) is 35.9 Å². The SMILES string of the molecule is Cc1ncc2c(c1CNS(=O)(=O)Cc1ccccc1)CCN(C(=O)c1c(C)noc1C)C2. The molecule has 168 valence electrons. The number of hydrogen-bond donors (Lipinski definition) is 1. The highest BCUT2D eigenvalue weighted by Crippen LogP contribution is 2.26. The number of nitrogens with zero attached hydrogens (tertiary/aromatic N) is 3. The van der Waals surface area contributed by atoms with Crippen molar-refractivity contribution in [2.75, 3.05) is 6.54 Å². The van der Waals surface area contributed by atoms with Crippen LogP contribution in [0.15, 0.2) is 41.1 Å². The van der Waals surface area contributed by atoms with Crippen LogP contribution in [0.4, 0.5) is 0 Å². The lowest BCUT2D eigenvalue weighted by Gasteiger charge is -2.30. The van der Waals surface area contributed by atoms with Gasteiger partial charge in [-0.2, -0.15) is 0 Å². The summed E-state index contributed by atoms with van der Waals surface area (Å²) in [6.07, 6.45) is 2.41. The molecule has 3 aromatic rings. The van der Waals surface area contributed by atoms with Crippen molar-refractivity contribution in [2.45, 2.75) is 46.0 Å². The van der Waals surface area contributed by atoms with Crippen molar-refractivity contribution in [2.24, 2.45) is 0 Å². The predicted molar refractivity (Wildman–Crippen MR) is 119 cm³/mol. The van der Waals surface area contributed by atoms with Gasteiger partial charge in [0.2, 0.25) is 10.0 Å². The third-order valence-electron chi connectivity index (χ3n) is 5.80. The van der Waals surface area contributed by atoms with E-state index < -0.39 is 10.0 Å². The Labute approximate surface area is 187 Å². The van der Waals surface area contributed by atoms with E-state index in [9.17, 15) is 13.2 Å². The van der Waals surface area contributed by atoms with Crippen molar-refractivity contribution in [3.8, 4) is 0 Å². The molecule has 32 heavy (non-hydrogen) atoms. The number of hydrogen-bond acceptors (Lipinski definition) is 6. The van der Waals surface area contributed by atoms with Gasteiger partial charge in [0.05, 0.1) is 11.4 Å². The summed E-state index contributed by atoms with van der Waals surface area (Å²) < 4.78 is 33.0. The van der Waals surface area contributed by atoms with E-state index in [0.717, 1.165) is 27.9 Å². The van der Waals surface area contributed by atoms with Gasteiger partial charge in [0.25, 0.3) is 5.91 Å². The Kier molecular flexibility index (Phi) is 6.12. The maximum absolute atomic E-state index is 13.0. The van der Waals surface area contributed by atoms with Gasteiger partial charge < -0.3 is 9.42 Å². The minimum absolute atomic E-state index is 0.0743. The Balaban J connectivity index is 1.51. The molecule has 9 heteroatoms. The second-order valence-corrected chi connectivity index (χ2v) is 9.87. The molecular formula is C23H26N4O4S. The minimum atomic E-state index is -3.50. The number of sulfonamides is 1. The van der Waals surface area contributed by atoms with Crippen LogP contribution in [0.25, 0.3) is 0 Å². The van der Waals surface area contributed by atoms with E-state index in [4.69, 9.17) is 4.52 Å². The average Bonchev–Trinajstić information content (AvgIpc) is 3.10. The first-order valence-electron chi connectivity index (χ1n) is 10.4. The molecule has 0 fully saturated rings. The molecule has 2 aromatic heterocycles. The zero-order valence-corrected chi connectivity index (χ0v) is 19.2. The Morgan fingerprint density at radius 3 is 2.59 bits per heavy atom. The molecule has 0 saturated heterocycles. The highest BCUT2D eigenvalue weighted by Gasteiger charge is 2.28. The average molecular weight is 455 g/mol. The molecule has 1 amide bonds. The summed E-state index contributed by atoms with van der Waals surface area (Å²) >= 11 is 0. The summed E-state index contributed by atoms with van der Waals surface area (Å²) in [4.78, 5) is 19.2. The Hall–Kier alpha value is -3.04. The Morgan fingerprint density at radius 2 is 1.91 bits per heavy atom. The fraction of sp³-hybridized carbons (Fsp3) is 0.348. The summed E-state index contributed by atoms with van der Waals surface area (Å²) in [5.41, 5.74) is 5.47. The molecule has 0 bridgehead atoms. The van der Waals surface area contributed by atoms with Crippen molar-refractivity contribution in [1.82, 2.24) is 19.8 Å². The maximum atomic E-state index is 13.0. The summed E-state index contributed by atoms with van der Waals surface area (Å²) in [6, 6.07) is 9.08. The number of rotatable bonds is 6. The summed E-state index contributed by atoms with van der Waals surface area (Å²) in [6.45, 7) is 6.48. The van der Waals surface area contributed by atoms with Crippen LogP contribution in [-0.2, 0) is 35.3 Å². The molecule has 0 atom stereocenters. The lowest BCUT2D eigenvalue weighted by molar-refractivity contribution is 0.0731. The topological polar surface area (TPSA) is 105 Å². The molecule has 0 spiro atoms. The van der Waals surface area contributed by atoms with E-state index in [2.05, 4.69) is 14.9 Å². The lowest BCUT2D eigenvalue weighted by atomic mass is 9.94. The first-order valence-corrected chi connectivity index (χ1v) is 12.1. The van der Waals surface area contributed by atoms with E-state index in [1.165, 1.54) is 0 Å². The lowest BCUT2D eigenvalue weighted by Crippen LogP contribution is -2.37. The smallest absolute Gasteiger partial charge is 0.259 e. The fourth-order valence-electron chi connectivity index (χ4n) is 4.10. The highest BCUT2D eigenvalue weighted by molar-refractivity contribution is 7.88. The normalized spacial score (nSPS) is 13.8. The second-order valence-electron chi connectivity index (χ2n) is 8.07. The van der Waals surface area contributed by atoms with Gasteiger partial charge in [-0.1, -0.05) is 35.5 Å². The molecule has 3 heterocycles. The Bertz CT molecular complexity index is 1230. The van der Waals surface area contributed by atoms with Crippen molar-refractivity contribution in [1.29, 1.82) is 0 Å². The Morgan fingerprint density at radius 1 is 1.16 bits per heavy atom. The standard InChI is InChI=1S/C23H26N4O4S/c1-15-21(12-25-32(29,30)14-18-7-5-4-6-8-18)20-9-10-27(13-19(20)11-24-15)23(28)22-16(2)26-31-17(22)3/h4-8,11,25H,9-10,12-14H2,1-3H3. The van der Waals surface area contributed by atoms with Gasteiger partial charge >= 0.3 is 0 Å². The highest BCUT2D eigenvalue weighted by atomic mass is 32.2. The number of aryl methyl sites for hydroxylation is 3. The zero-order chi connectivity index (χ0) is 22.9. The monoisotopic (exact) mass is 454 g/mol. The molecule has 1 aliphatic heterocycles. The minimum Gasteiger partial charge on any atom is -0.361 e. The summed E-state index contributed by atoms with van der Waals surface area (Å²) in [5, 5.41) is 3.88. The summed E-state index contributed by atoms with van der Waals surface area (Å²) in [7, 11) is -3.50. The van der Waals surface area contributed by atoms with Crippen LogP contribution < -0.4 is 4.72 Å². The van der Waals surface area contributed by atoms with E-state index in [-0.39, 0.29) is 18.2 Å². The van der Waals surface area contributed by atoms with Gasteiger partial charge in [0, 0.05) is 31.5 Å². The van der Waals surface area contributed by atoms with E-state index in [1.54, 1.807) is 37.1 Å². The quantitative estimate of drug-likeness (QED) is 0.614. The largest absolute Gasteiger partial charge is 0.361 e. The van der Waals surface area contributed by atoms with Crippen LogP contribution in [0.1, 0.15) is 49.8 Å². The van der Waals surface area contributed by atoms with Crippen molar-refractivity contribution >= 4 is 15.9 Å². The van der Waals surface area contributed by atoms with Crippen LogP contribution in [0, 0.1) is 20.8 Å². The number of fused-ring (bicyclic) bond motifs is 1. The van der Waals surface area contributed by atoms with Crippen LogP contribution in [0.5, 0.6) is 0 Å². The molecule has 0 unspecified atom stereocenters. The molecule has 1 aromatic carbocycles. The van der Waals surface area contributed by atoms with Gasteiger partial charge in [0.15, 0.2) is 0 Å². The molecule has 0 saturated carbocycles. The van der Waals surface area contributed by atoms with Crippen LogP contribution in [0.2, 0.25) is 0 Å². The van der Waals surface area contributed by atoms with Crippen LogP contribution >= 0.6 is 0 Å². The van der Waals surface area contributed by atoms with Crippen LogP contribution in [0.3, 0.4) is 0 Å². The third-order valence-corrected chi connectivity index (χ3v) is 7.10. The molecule has 1 aliphatic rings. The number of pyridine rings is 1. The van der Waals surface area contributed by atoms with Gasteiger partial charge in [-0.25, -0.2) is 13.1 Å². The fourth-order valence-corrected chi connectivity index (χ4v) is 5.20. The molecule has 1 N–H and O–H groups in total. The molecule has 8 nitrogen and oxygen atoms in total. The van der Waals surface area contributed by atoms with Crippen molar-refractivity contribution in [3.63, 3.8) is 0 Å². The number of benzene rings is 1. The van der Waals surface area contributed by atoms with E-state index in [1.807, 2.05) is 25.1 Å². The zero-order valence-electron chi connectivity index (χ0n) is 18.4. The van der Waals surface area contributed by atoms with Gasteiger partial charge in [-0.15, -0.1) is 0 Å². The molecule has 4 rings (SSSR count). The first-order chi connectivity index (χ1) is 15.2. The van der Waals surface area contributed by atoms with Gasteiger partial charge in [-0.3, -0.25) is 9.78 Å². The second kappa shape index (κ2) is 8.84. The third kappa shape index (κ3) is 4.58. The van der Waals surface area contributed by atoms with Gasteiger partial charge in [-0.05, 0) is 49.4 Å². The van der Waals surface area contributed by atoms with E-state index >= 15 is 0 Å². The maximum Gasteiger partial charge on any atom is 0.259 e. The van der Waals surface area contributed by atoms with E-state index in [0.29, 0.717) is 36.5 Å². The number of aromatic nitrogens is 2. The summed E-state index contributed by atoms with van der Waals surface area (Å²) in [5.74, 6) is 0.320. The molecule has 0 radical (unpaired) electrons. The van der Waals surface area contributed by atoms with Crippen molar-refractivity contribution in [3.05, 3.63) is 81.5 Å². The number of carbonyl (C=O) groups excluding carboxylic acids is 1. The number of carbonyl (C=O) groups is 1. The molecular weight excluding hydrogens is 428 g/mol. The molecule has 0 aliphatic carbocycles. The van der Waals surface area contributed by atoms with Crippen molar-refractivity contribution < 1.29 is 17.7 Å². The predicted octanol–water partition coefficient (Wildman–Crippen LogP) is 2.81. The number of nitrogens with one attached hydrogen (secondary N) is 1. The first kappa shape index (κ1) is 22.2.